The van der Waals surface area contributed by atoms with Gasteiger partial charge in [0.2, 0.25) is 10.0 Å². The fourth-order valence-electron chi connectivity index (χ4n) is 2.58. The number of ether oxygens (including phenoxy) is 2. The molecule has 7 nitrogen and oxygen atoms in total. The van der Waals surface area contributed by atoms with E-state index in [2.05, 4.69) is 5.32 Å². The number of hydrogen-bond donors (Lipinski definition) is 1. The molecule has 2 aromatic carbocycles. The smallest absolute Gasteiger partial charge is 0.262 e. The number of rotatable bonds is 9. The van der Waals surface area contributed by atoms with Gasteiger partial charge in [-0.1, -0.05) is 13.8 Å². The highest BCUT2D eigenvalue weighted by Gasteiger charge is 2.23. The van der Waals surface area contributed by atoms with Crippen LogP contribution in [-0.2, 0) is 14.8 Å². The van der Waals surface area contributed by atoms with Crippen LogP contribution in [0.4, 0.5) is 14.5 Å². The molecule has 0 fully saturated rings. The van der Waals surface area contributed by atoms with E-state index in [1.54, 1.807) is 13.8 Å². The lowest BCUT2D eigenvalue weighted by Gasteiger charge is -2.19. The quantitative estimate of drug-likeness (QED) is 0.664. The van der Waals surface area contributed by atoms with E-state index >= 15 is 0 Å². The first kappa shape index (κ1) is 22.6. The number of carbonyl (C=O) groups is 1. The van der Waals surface area contributed by atoms with Crippen LogP contribution in [0.25, 0.3) is 0 Å². The van der Waals surface area contributed by atoms with E-state index in [1.165, 1.54) is 29.6 Å². The Hall–Kier alpha value is -2.72. The molecule has 0 saturated carbocycles. The minimum Gasteiger partial charge on any atom is -0.495 e. The zero-order chi connectivity index (χ0) is 21.6. The molecule has 0 unspecified atom stereocenters. The van der Waals surface area contributed by atoms with Crippen molar-refractivity contribution in [1.29, 1.82) is 0 Å². The van der Waals surface area contributed by atoms with E-state index in [1.807, 2.05) is 0 Å². The molecule has 158 valence electrons. The number of sulfonamides is 1. The van der Waals surface area contributed by atoms with Crippen LogP contribution in [0, 0.1) is 11.6 Å². The van der Waals surface area contributed by atoms with Crippen LogP contribution in [0.1, 0.15) is 13.8 Å². The number of benzene rings is 2. The molecule has 0 heterocycles. The van der Waals surface area contributed by atoms with Crippen molar-refractivity contribution in [2.75, 3.05) is 32.1 Å². The Kier molecular flexibility index (Phi) is 7.52. The maximum Gasteiger partial charge on any atom is 0.262 e. The van der Waals surface area contributed by atoms with Crippen LogP contribution in [0.5, 0.6) is 11.5 Å². The molecule has 10 heteroatoms. The molecule has 1 amide bonds. The summed E-state index contributed by atoms with van der Waals surface area (Å²) < 4.78 is 63.4. The van der Waals surface area contributed by atoms with Gasteiger partial charge in [-0.2, -0.15) is 4.31 Å². The zero-order valence-corrected chi connectivity index (χ0v) is 17.1. The summed E-state index contributed by atoms with van der Waals surface area (Å²) in [5, 5.41) is 2.48. The molecule has 0 spiro atoms. The van der Waals surface area contributed by atoms with Crippen molar-refractivity contribution >= 4 is 21.6 Å². The highest BCUT2D eigenvalue weighted by Crippen LogP contribution is 2.29. The molecule has 0 atom stereocenters. The number of nitrogens with one attached hydrogen (secondary N) is 1. The number of hydrogen-bond acceptors (Lipinski definition) is 5. The Bertz CT molecular complexity index is 979. The fourth-order valence-corrected chi connectivity index (χ4v) is 4.06. The molecule has 0 aliphatic rings. The van der Waals surface area contributed by atoms with Gasteiger partial charge >= 0.3 is 0 Å². The van der Waals surface area contributed by atoms with Gasteiger partial charge in [0.05, 0.1) is 17.7 Å². The largest absolute Gasteiger partial charge is 0.495 e. The van der Waals surface area contributed by atoms with Gasteiger partial charge in [0.15, 0.2) is 18.2 Å². The molecule has 0 bridgehead atoms. The summed E-state index contributed by atoms with van der Waals surface area (Å²) in [6.45, 7) is 3.46. The normalized spacial score (nSPS) is 11.4. The highest BCUT2D eigenvalue weighted by molar-refractivity contribution is 7.89. The second kappa shape index (κ2) is 9.66. The summed E-state index contributed by atoms with van der Waals surface area (Å²) in [7, 11) is -2.37. The third-order valence-electron chi connectivity index (χ3n) is 4.04. The van der Waals surface area contributed by atoms with Crippen LogP contribution >= 0.6 is 0 Å². The monoisotopic (exact) mass is 428 g/mol. The van der Waals surface area contributed by atoms with Gasteiger partial charge in [-0.25, -0.2) is 17.2 Å². The van der Waals surface area contributed by atoms with E-state index in [9.17, 15) is 22.0 Å². The SMILES string of the molecule is CCN(CC)S(=O)(=O)c1ccc(OC)c(NC(=O)COc2ccc(F)cc2F)c1. The Labute approximate surface area is 168 Å². The van der Waals surface area contributed by atoms with E-state index in [4.69, 9.17) is 9.47 Å². The number of amides is 1. The van der Waals surface area contributed by atoms with Crippen LogP contribution in [0.15, 0.2) is 41.3 Å². The lowest BCUT2D eigenvalue weighted by Crippen LogP contribution is -2.30. The zero-order valence-electron chi connectivity index (χ0n) is 16.2. The van der Waals surface area contributed by atoms with E-state index in [0.29, 0.717) is 19.2 Å². The third-order valence-corrected chi connectivity index (χ3v) is 6.09. The lowest BCUT2D eigenvalue weighted by molar-refractivity contribution is -0.118. The van der Waals surface area contributed by atoms with Crippen molar-refractivity contribution in [2.45, 2.75) is 18.7 Å². The van der Waals surface area contributed by atoms with Crippen molar-refractivity contribution in [3.63, 3.8) is 0 Å². The van der Waals surface area contributed by atoms with Crippen LogP contribution in [0.3, 0.4) is 0 Å². The average Bonchev–Trinajstić information content (AvgIpc) is 2.68. The maximum atomic E-state index is 13.6. The van der Waals surface area contributed by atoms with Gasteiger partial charge in [-0.15, -0.1) is 0 Å². The van der Waals surface area contributed by atoms with Crippen LogP contribution in [0.2, 0.25) is 0 Å². The van der Waals surface area contributed by atoms with Gasteiger partial charge in [0.1, 0.15) is 11.6 Å². The number of halogens is 2. The van der Waals surface area contributed by atoms with E-state index < -0.39 is 34.2 Å². The third kappa shape index (κ3) is 5.42. The summed E-state index contributed by atoms with van der Waals surface area (Å²) in [5.41, 5.74) is 0.119. The Morgan fingerprint density at radius 2 is 1.72 bits per heavy atom. The first-order valence-electron chi connectivity index (χ1n) is 8.78. The predicted molar refractivity (Wildman–Crippen MR) is 104 cm³/mol. The number of carbonyl (C=O) groups excluding carboxylic acids is 1. The molecule has 0 aliphatic carbocycles. The van der Waals surface area contributed by atoms with Crippen molar-refractivity contribution < 1.29 is 31.5 Å². The van der Waals surface area contributed by atoms with Crippen LogP contribution in [-0.4, -0.2) is 45.4 Å². The molecule has 0 aromatic heterocycles. The van der Waals surface area contributed by atoms with Gasteiger partial charge in [-0.3, -0.25) is 4.79 Å². The molecular formula is C19H22F2N2O5S. The molecule has 1 N–H and O–H groups in total. The first-order chi connectivity index (χ1) is 13.7. The topological polar surface area (TPSA) is 84.9 Å². The van der Waals surface area contributed by atoms with Gasteiger partial charge in [-0.05, 0) is 30.3 Å². The minimum absolute atomic E-state index is 0.0113. The number of nitrogens with zero attached hydrogens (tertiary/aromatic N) is 1. The summed E-state index contributed by atoms with van der Waals surface area (Å²) in [6.07, 6.45) is 0. The van der Waals surface area contributed by atoms with E-state index in [-0.39, 0.29) is 22.1 Å². The average molecular weight is 428 g/mol. The first-order valence-corrected chi connectivity index (χ1v) is 10.2. The summed E-state index contributed by atoms with van der Waals surface area (Å²) in [4.78, 5) is 12.2. The fraction of sp³-hybridized carbons (Fsp3) is 0.316. The molecule has 0 radical (unpaired) electrons. The van der Waals surface area contributed by atoms with Crippen LogP contribution < -0.4 is 14.8 Å². The Morgan fingerprint density at radius 3 is 2.31 bits per heavy atom. The summed E-state index contributed by atoms with van der Waals surface area (Å²) >= 11 is 0. The van der Waals surface area contributed by atoms with Crippen molar-refractivity contribution in [2.24, 2.45) is 0 Å². The standard InChI is InChI=1S/C19H22F2N2O5S/c1-4-23(5-2)29(25,26)14-7-9-18(27-3)16(11-14)22-19(24)12-28-17-8-6-13(20)10-15(17)21/h6-11H,4-5,12H2,1-3H3,(H,22,24). The molecule has 2 aromatic rings. The van der Waals surface area contributed by atoms with Crippen molar-refractivity contribution in [3.05, 3.63) is 48.0 Å². The van der Waals surface area contributed by atoms with Crippen molar-refractivity contribution in [3.8, 4) is 11.5 Å². The number of anilines is 1. The predicted octanol–water partition coefficient (Wildman–Crippen LogP) is 3.02. The molecule has 29 heavy (non-hydrogen) atoms. The number of methoxy groups -OCH3 is 1. The van der Waals surface area contributed by atoms with E-state index in [0.717, 1.165) is 12.1 Å². The Morgan fingerprint density at radius 1 is 1.07 bits per heavy atom. The molecular weight excluding hydrogens is 406 g/mol. The second-order valence-corrected chi connectivity index (χ2v) is 7.80. The second-order valence-electron chi connectivity index (χ2n) is 5.86. The lowest BCUT2D eigenvalue weighted by atomic mass is 10.3. The van der Waals surface area contributed by atoms with Gasteiger partial charge < -0.3 is 14.8 Å². The molecule has 0 aliphatic heterocycles. The maximum absolute atomic E-state index is 13.6. The summed E-state index contributed by atoms with van der Waals surface area (Å²) in [6, 6.07) is 6.79. The van der Waals surface area contributed by atoms with Crippen molar-refractivity contribution in [1.82, 2.24) is 4.31 Å². The van der Waals surface area contributed by atoms with Gasteiger partial charge in [0, 0.05) is 19.2 Å². The minimum atomic E-state index is -3.74. The highest BCUT2D eigenvalue weighted by atomic mass is 32.2. The Balaban J connectivity index is 2.19. The molecule has 2 rings (SSSR count). The van der Waals surface area contributed by atoms with Gasteiger partial charge in [0.25, 0.3) is 5.91 Å². The summed E-state index contributed by atoms with van der Waals surface area (Å²) in [5.74, 6) is -2.43. The molecule has 0 saturated heterocycles.